The number of halogens is 2. The maximum Gasteiger partial charge on any atom is 0.322 e. The van der Waals surface area contributed by atoms with E-state index in [1.165, 1.54) is 11.0 Å². The average Bonchev–Trinajstić information content (AvgIpc) is 3.27. The molecule has 3 amide bonds. The third kappa shape index (κ3) is 8.13. The summed E-state index contributed by atoms with van der Waals surface area (Å²) in [6, 6.07) is 14.2. The fourth-order valence-electron chi connectivity index (χ4n) is 3.57. The third-order valence-electron chi connectivity index (χ3n) is 5.58. The first-order valence-corrected chi connectivity index (χ1v) is 12.7. The van der Waals surface area contributed by atoms with E-state index in [0.29, 0.717) is 32.7 Å². The summed E-state index contributed by atoms with van der Waals surface area (Å²) >= 11 is 1.59. The molecule has 0 atom stereocenters. The Morgan fingerprint density at radius 3 is 2.44 bits per heavy atom. The van der Waals surface area contributed by atoms with Crippen molar-refractivity contribution in [2.45, 2.75) is 33.4 Å². The number of thiophene rings is 1. The normalized spacial score (nSPS) is 10.8. The monoisotopic (exact) mass is 515 g/mol. The van der Waals surface area contributed by atoms with Gasteiger partial charge in [-0.3, -0.25) is 4.79 Å². The molecule has 0 radical (unpaired) electrons. The number of urea groups is 1. The second kappa shape index (κ2) is 13.7. The number of rotatable bonds is 12. The molecule has 0 fully saturated rings. The number of nitrogens with zero attached hydrogens (tertiary/aromatic N) is 2. The molecular weight excluding hydrogens is 484 g/mol. The minimum Gasteiger partial charge on any atom is -0.382 e. The lowest BCUT2D eigenvalue weighted by molar-refractivity contribution is -0.133. The molecule has 1 N–H and O–H groups in total. The van der Waals surface area contributed by atoms with Gasteiger partial charge >= 0.3 is 6.03 Å². The minimum atomic E-state index is -1.06. The van der Waals surface area contributed by atoms with Crippen LogP contribution in [0.2, 0.25) is 0 Å². The Morgan fingerprint density at radius 2 is 1.78 bits per heavy atom. The zero-order valence-corrected chi connectivity index (χ0v) is 21.3. The van der Waals surface area contributed by atoms with Gasteiger partial charge in [-0.25, -0.2) is 13.6 Å². The molecule has 2 aromatic carbocycles. The fourth-order valence-corrected chi connectivity index (χ4v) is 4.49. The standard InChI is InChI=1S/C27H31F2N3O3S/c1-3-35-14-7-13-31(27(34)30-22-10-11-23(28)24(29)16-22)19-26(33)32(17-21-8-5-4-6-9-21)18-25-20(2)12-15-36-25/h4-6,8-12,15-16H,3,7,13-14,17-19H2,1-2H3,(H,30,34). The number of benzene rings is 2. The molecular formula is C27H31F2N3O3S. The van der Waals surface area contributed by atoms with Crippen LogP contribution >= 0.6 is 11.3 Å². The Balaban J connectivity index is 1.76. The third-order valence-corrected chi connectivity index (χ3v) is 6.58. The molecule has 0 bridgehead atoms. The van der Waals surface area contributed by atoms with Crippen LogP contribution in [0.15, 0.2) is 60.0 Å². The maximum atomic E-state index is 13.6. The lowest BCUT2D eigenvalue weighted by atomic mass is 10.2. The Bertz CT molecular complexity index is 1140. The number of nitrogens with one attached hydrogen (secondary N) is 1. The first-order chi connectivity index (χ1) is 17.4. The molecule has 0 aliphatic rings. The van der Waals surface area contributed by atoms with Crippen molar-refractivity contribution in [1.29, 1.82) is 0 Å². The SMILES string of the molecule is CCOCCCN(CC(=O)N(Cc1ccccc1)Cc1sccc1C)C(=O)Nc1ccc(F)c(F)c1. The first-order valence-electron chi connectivity index (χ1n) is 11.8. The molecule has 192 valence electrons. The Morgan fingerprint density at radius 1 is 1.00 bits per heavy atom. The average molecular weight is 516 g/mol. The Kier molecular flexibility index (Phi) is 10.4. The largest absolute Gasteiger partial charge is 0.382 e. The summed E-state index contributed by atoms with van der Waals surface area (Å²) in [6.45, 7) is 5.78. The molecule has 0 spiro atoms. The highest BCUT2D eigenvalue weighted by atomic mass is 32.1. The molecule has 0 saturated carbocycles. The van der Waals surface area contributed by atoms with Crippen molar-refractivity contribution in [1.82, 2.24) is 9.80 Å². The smallest absolute Gasteiger partial charge is 0.322 e. The second-order valence-corrected chi connectivity index (χ2v) is 9.29. The summed E-state index contributed by atoms with van der Waals surface area (Å²) < 4.78 is 32.3. The van der Waals surface area contributed by atoms with Gasteiger partial charge in [-0.1, -0.05) is 30.3 Å². The van der Waals surface area contributed by atoms with Crippen LogP contribution in [0.5, 0.6) is 0 Å². The van der Waals surface area contributed by atoms with E-state index in [1.54, 1.807) is 16.2 Å². The molecule has 3 rings (SSSR count). The molecule has 6 nitrogen and oxygen atoms in total. The second-order valence-electron chi connectivity index (χ2n) is 8.29. The van der Waals surface area contributed by atoms with Crippen LogP contribution in [0.25, 0.3) is 0 Å². The van der Waals surface area contributed by atoms with Gasteiger partial charge in [-0.2, -0.15) is 0 Å². The van der Waals surface area contributed by atoms with Gasteiger partial charge in [0.25, 0.3) is 0 Å². The van der Waals surface area contributed by atoms with Gasteiger partial charge in [0.05, 0.1) is 6.54 Å². The fraction of sp³-hybridized carbons (Fsp3) is 0.333. The van der Waals surface area contributed by atoms with Gasteiger partial charge in [0, 0.05) is 42.9 Å². The summed E-state index contributed by atoms with van der Waals surface area (Å²) in [5.74, 6) is -2.28. The number of ether oxygens (including phenoxy) is 1. The van der Waals surface area contributed by atoms with E-state index in [0.717, 1.165) is 28.1 Å². The zero-order chi connectivity index (χ0) is 25.9. The van der Waals surface area contributed by atoms with Crippen molar-refractivity contribution in [2.24, 2.45) is 0 Å². The molecule has 3 aromatic rings. The van der Waals surface area contributed by atoms with Gasteiger partial charge < -0.3 is 19.9 Å². The zero-order valence-electron chi connectivity index (χ0n) is 20.5. The van der Waals surface area contributed by atoms with Crippen molar-refractivity contribution in [3.05, 3.63) is 87.6 Å². The van der Waals surface area contributed by atoms with E-state index in [-0.39, 0.29) is 24.7 Å². The van der Waals surface area contributed by atoms with Crippen LogP contribution in [0, 0.1) is 18.6 Å². The van der Waals surface area contributed by atoms with Crippen molar-refractivity contribution >= 4 is 29.0 Å². The van der Waals surface area contributed by atoms with Gasteiger partial charge in [0.1, 0.15) is 6.54 Å². The van der Waals surface area contributed by atoms with Gasteiger partial charge in [-0.15, -0.1) is 11.3 Å². The molecule has 0 aliphatic heterocycles. The van der Waals surface area contributed by atoms with Crippen LogP contribution in [0.3, 0.4) is 0 Å². The highest BCUT2D eigenvalue weighted by Gasteiger charge is 2.23. The van der Waals surface area contributed by atoms with Gasteiger partial charge in [0.15, 0.2) is 11.6 Å². The number of carbonyl (C=O) groups is 2. The molecule has 0 saturated heterocycles. The van der Waals surface area contributed by atoms with Crippen LogP contribution < -0.4 is 5.32 Å². The summed E-state index contributed by atoms with van der Waals surface area (Å²) in [7, 11) is 0. The van der Waals surface area contributed by atoms with Crippen LogP contribution in [-0.4, -0.2) is 48.0 Å². The Labute approximate surface area is 214 Å². The number of carbonyl (C=O) groups excluding carboxylic acids is 2. The first kappa shape index (κ1) is 27.3. The van der Waals surface area contributed by atoms with Crippen LogP contribution in [0.4, 0.5) is 19.3 Å². The number of hydrogen-bond acceptors (Lipinski definition) is 4. The lowest BCUT2D eigenvalue weighted by Gasteiger charge is -2.28. The lowest BCUT2D eigenvalue weighted by Crippen LogP contribution is -2.44. The summed E-state index contributed by atoms with van der Waals surface area (Å²) in [4.78, 5) is 30.7. The van der Waals surface area contributed by atoms with Crippen LogP contribution in [-0.2, 0) is 22.6 Å². The maximum absolute atomic E-state index is 13.6. The summed E-state index contributed by atoms with van der Waals surface area (Å²) in [6.07, 6.45) is 0.523. The molecule has 1 heterocycles. The van der Waals surface area contributed by atoms with Crippen molar-refractivity contribution in [2.75, 3.05) is 31.6 Å². The van der Waals surface area contributed by atoms with E-state index in [9.17, 15) is 18.4 Å². The quantitative estimate of drug-likeness (QED) is 0.309. The molecule has 1 aromatic heterocycles. The summed E-state index contributed by atoms with van der Waals surface area (Å²) in [5, 5.41) is 4.56. The number of amides is 3. The van der Waals surface area contributed by atoms with Crippen molar-refractivity contribution in [3.8, 4) is 0 Å². The van der Waals surface area contributed by atoms with E-state index < -0.39 is 17.7 Å². The molecule has 9 heteroatoms. The molecule has 0 aliphatic carbocycles. The molecule has 36 heavy (non-hydrogen) atoms. The van der Waals surface area contributed by atoms with E-state index in [4.69, 9.17) is 4.74 Å². The van der Waals surface area contributed by atoms with Gasteiger partial charge in [0.2, 0.25) is 5.91 Å². The predicted molar refractivity (Wildman–Crippen MR) is 138 cm³/mol. The van der Waals surface area contributed by atoms with Crippen molar-refractivity contribution in [3.63, 3.8) is 0 Å². The van der Waals surface area contributed by atoms with Gasteiger partial charge in [-0.05, 0) is 55.0 Å². The molecule has 0 unspecified atom stereocenters. The van der Waals surface area contributed by atoms with Crippen molar-refractivity contribution < 1.29 is 23.1 Å². The topological polar surface area (TPSA) is 61.9 Å². The van der Waals surface area contributed by atoms with E-state index >= 15 is 0 Å². The Hall–Kier alpha value is -3.30. The predicted octanol–water partition coefficient (Wildman–Crippen LogP) is 5.82. The number of aryl methyl sites for hydroxylation is 1. The number of anilines is 1. The van der Waals surface area contributed by atoms with Crippen LogP contribution in [0.1, 0.15) is 29.3 Å². The summed E-state index contributed by atoms with van der Waals surface area (Å²) in [5.41, 5.74) is 2.20. The highest BCUT2D eigenvalue weighted by Crippen LogP contribution is 2.20. The number of hydrogen-bond donors (Lipinski definition) is 1. The van der Waals surface area contributed by atoms with E-state index in [2.05, 4.69) is 5.32 Å². The minimum absolute atomic E-state index is 0.108. The van der Waals surface area contributed by atoms with E-state index in [1.807, 2.05) is 55.6 Å². The highest BCUT2D eigenvalue weighted by molar-refractivity contribution is 7.10.